The minimum absolute atomic E-state index is 0.318. The molecule has 1 heterocycles. The summed E-state index contributed by atoms with van der Waals surface area (Å²) in [4.78, 5) is 2.52. The molecule has 1 aromatic rings. The van der Waals surface area contributed by atoms with Gasteiger partial charge < -0.3 is 9.84 Å². The first-order valence-electron chi connectivity index (χ1n) is 8.01. The van der Waals surface area contributed by atoms with Crippen molar-refractivity contribution in [2.45, 2.75) is 37.8 Å². The molecule has 3 nitrogen and oxygen atoms in total. The SMILES string of the molecule is O[C@H](c1ccc(Cl)cc1)[C@@H]1CCCC[C@@H]1N1CCOCC1. The molecule has 3 rings (SSSR count). The van der Waals surface area contributed by atoms with Crippen molar-refractivity contribution in [3.05, 3.63) is 34.9 Å². The fourth-order valence-electron chi connectivity index (χ4n) is 3.78. The second-order valence-corrected chi connectivity index (χ2v) is 6.60. The molecule has 0 unspecified atom stereocenters. The van der Waals surface area contributed by atoms with Gasteiger partial charge in [0.1, 0.15) is 0 Å². The molecule has 21 heavy (non-hydrogen) atoms. The highest BCUT2D eigenvalue weighted by molar-refractivity contribution is 6.30. The van der Waals surface area contributed by atoms with Gasteiger partial charge in [0.05, 0.1) is 19.3 Å². The van der Waals surface area contributed by atoms with E-state index in [0.29, 0.717) is 12.0 Å². The van der Waals surface area contributed by atoms with Crippen molar-refractivity contribution in [3.63, 3.8) is 0 Å². The lowest BCUT2D eigenvalue weighted by molar-refractivity contribution is -0.0372. The number of ether oxygens (including phenoxy) is 1. The Kier molecular flexibility index (Phi) is 5.17. The molecule has 1 aliphatic carbocycles. The largest absolute Gasteiger partial charge is 0.388 e. The van der Waals surface area contributed by atoms with Crippen molar-refractivity contribution in [3.8, 4) is 0 Å². The predicted molar refractivity (Wildman–Crippen MR) is 84.5 cm³/mol. The van der Waals surface area contributed by atoms with Crippen LogP contribution in [0.4, 0.5) is 0 Å². The summed E-state index contributed by atoms with van der Waals surface area (Å²) in [6.07, 6.45) is 4.39. The van der Waals surface area contributed by atoms with E-state index in [2.05, 4.69) is 4.90 Å². The minimum Gasteiger partial charge on any atom is -0.388 e. The highest BCUT2D eigenvalue weighted by Gasteiger charge is 2.35. The molecule has 116 valence electrons. The Bertz CT molecular complexity index is 445. The van der Waals surface area contributed by atoms with Crippen LogP contribution in [0.3, 0.4) is 0 Å². The van der Waals surface area contributed by atoms with Crippen LogP contribution in [0.25, 0.3) is 0 Å². The van der Waals surface area contributed by atoms with Crippen molar-refractivity contribution in [1.82, 2.24) is 4.90 Å². The van der Waals surface area contributed by atoms with Gasteiger partial charge in [-0.2, -0.15) is 0 Å². The molecule has 0 spiro atoms. The number of aliphatic hydroxyl groups excluding tert-OH is 1. The number of benzene rings is 1. The van der Waals surface area contributed by atoms with Gasteiger partial charge in [-0.25, -0.2) is 0 Å². The van der Waals surface area contributed by atoms with E-state index in [-0.39, 0.29) is 0 Å². The molecule has 1 N–H and O–H groups in total. The molecular formula is C17H24ClNO2. The fraction of sp³-hybridized carbons (Fsp3) is 0.647. The van der Waals surface area contributed by atoms with Gasteiger partial charge in [0.15, 0.2) is 0 Å². The number of halogens is 1. The first-order chi connectivity index (χ1) is 10.3. The van der Waals surface area contributed by atoms with Crippen LogP contribution in [0.1, 0.15) is 37.4 Å². The van der Waals surface area contributed by atoms with Crippen LogP contribution < -0.4 is 0 Å². The van der Waals surface area contributed by atoms with Crippen LogP contribution in [0.15, 0.2) is 24.3 Å². The molecule has 0 radical (unpaired) electrons. The van der Waals surface area contributed by atoms with Crippen molar-refractivity contribution >= 4 is 11.6 Å². The summed E-state index contributed by atoms with van der Waals surface area (Å²) in [6.45, 7) is 3.63. The lowest BCUT2D eigenvalue weighted by Gasteiger charge is -2.43. The van der Waals surface area contributed by atoms with Crippen molar-refractivity contribution in [2.24, 2.45) is 5.92 Å². The van der Waals surface area contributed by atoms with E-state index >= 15 is 0 Å². The highest BCUT2D eigenvalue weighted by atomic mass is 35.5. The number of nitrogens with zero attached hydrogens (tertiary/aromatic N) is 1. The first kappa shape index (κ1) is 15.3. The van der Waals surface area contributed by atoms with Gasteiger partial charge in [-0.1, -0.05) is 36.6 Å². The zero-order valence-electron chi connectivity index (χ0n) is 12.4. The quantitative estimate of drug-likeness (QED) is 0.930. The highest BCUT2D eigenvalue weighted by Crippen LogP contribution is 2.37. The average Bonchev–Trinajstić information content (AvgIpc) is 2.56. The van der Waals surface area contributed by atoms with Crippen LogP contribution in [0, 0.1) is 5.92 Å². The Balaban J connectivity index is 1.74. The number of morpholine rings is 1. The van der Waals surface area contributed by atoms with Gasteiger partial charge in [-0.15, -0.1) is 0 Å². The fourth-order valence-corrected chi connectivity index (χ4v) is 3.90. The van der Waals surface area contributed by atoms with Crippen LogP contribution in [-0.4, -0.2) is 42.4 Å². The zero-order valence-corrected chi connectivity index (χ0v) is 13.1. The molecule has 4 heteroatoms. The average molecular weight is 310 g/mol. The third-order valence-electron chi connectivity index (χ3n) is 4.91. The molecule has 1 saturated heterocycles. The smallest absolute Gasteiger partial charge is 0.0833 e. The minimum atomic E-state index is -0.393. The van der Waals surface area contributed by atoms with E-state index in [1.807, 2.05) is 24.3 Å². The Morgan fingerprint density at radius 2 is 1.76 bits per heavy atom. The summed E-state index contributed by atoms with van der Waals surface area (Å²) in [7, 11) is 0. The van der Waals surface area contributed by atoms with E-state index < -0.39 is 6.10 Å². The van der Waals surface area contributed by atoms with E-state index in [1.165, 1.54) is 19.3 Å². The molecular weight excluding hydrogens is 286 g/mol. The van der Waals surface area contributed by atoms with Crippen LogP contribution in [0.5, 0.6) is 0 Å². The Morgan fingerprint density at radius 3 is 2.48 bits per heavy atom. The molecule has 3 atom stereocenters. The maximum Gasteiger partial charge on any atom is 0.0833 e. The van der Waals surface area contributed by atoms with Gasteiger partial charge in [0.25, 0.3) is 0 Å². The normalized spacial score (nSPS) is 29.2. The van der Waals surface area contributed by atoms with E-state index in [0.717, 1.165) is 43.3 Å². The third kappa shape index (κ3) is 3.59. The van der Waals surface area contributed by atoms with Crippen molar-refractivity contribution < 1.29 is 9.84 Å². The second-order valence-electron chi connectivity index (χ2n) is 6.16. The standard InChI is InChI=1S/C17H24ClNO2/c18-14-7-5-13(6-8-14)17(20)15-3-1-2-4-16(15)19-9-11-21-12-10-19/h5-8,15-17,20H,1-4,9-12H2/t15-,16+,17-/m1/s1. The second kappa shape index (κ2) is 7.10. The first-order valence-corrected chi connectivity index (χ1v) is 8.39. The molecule has 2 aliphatic rings. The monoisotopic (exact) mass is 309 g/mol. The van der Waals surface area contributed by atoms with E-state index in [4.69, 9.17) is 16.3 Å². The lowest BCUT2D eigenvalue weighted by Crippen LogP contribution is -2.49. The van der Waals surface area contributed by atoms with E-state index in [1.54, 1.807) is 0 Å². The maximum absolute atomic E-state index is 10.8. The summed E-state index contributed by atoms with van der Waals surface area (Å²) >= 11 is 5.95. The summed E-state index contributed by atoms with van der Waals surface area (Å²) in [5.74, 6) is 0.318. The molecule has 0 amide bonds. The van der Waals surface area contributed by atoms with Gasteiger partial charge in [-0.3, -0.25) is 4.90 Å². The molecule has 2 fully saturated rings. The van der Waals surface area contributed by atoms with Crippen molar-refractivity contribution in [1.29, 1.82) is 0 Å². The number of aliphatic hydroxyl groups is 1. The van der Waals surface area contributed by atoms with Crippen LogP contribution in [-0.2, 0) is 4.74 Å². The Morgan fingerprint density at radius 1 is 1.10 bits per heavy atom. The number of hydrogen-bond acceptors (Lipinski definition) is 3. The van der Waals surface area contributed by atoms with Crippen LogP contribution in [0.2, 0.25) is 5.02 Å². The number of hydrogen-bond donors (Lipinski definition) is 1. The molecule has 1 aliphatic heterocycles. The lowest BCUT2D eigenvalue weighted by atomic mass is 9.78. The molecule has 0 bridgehead atoms. The molecule has 0 aromatic heterocycles. The summed E-state index contributed by atoms with van der Waals surface area (Å²) < 4.78 is 5.47. The van der Waals surface area contributed by atoms with Gasteiger partial charge in [0.2, 0.25) is 0 Å². The Hall–Kier alpha value is -0.610. The summed E-state index contributed by atoms with van der Waals surface area (Å²) in [6, 6.07) is 8.13. The summed E-state index contributed by atoms with van der Waals surface area (Å²) in [5.41, 5.74) is 0.990. The van der Waals surface area contributed by atoms with Gasteiger partial charge >= 0.3 is 0 Å². The number of rotatable bonds is 3. The summed E-state index contributed by atoms with van der Waals surface area (Å²) in [5, 5.41) is 11.6. The predicted octanol–water partition coefficient (Wildman–Crippen LogP) is 3.26. The zero-order chi connectivity index (χ0) is 14.7. The van der Waals surface area contributed by atoms with Crippen molar-refractivity contribution in [2.75, 3.05) is 26.3 Å². The van der Waals surface area contributed by atoms with E-state index in [9.17, 15) is 5.11 Å². The third-order valence-corrected chi connectivity index (χ3v) is 5.17. The van der Waals surface area contributed by atoms with Gasteiger partial charge in [0, 0.05) is 30.1 Å². The van der Waals surface area contributed by atoms with Gasteiger partial charge in [-0.05, 0) is 30.5 Å². The maximum atomic E-state index is 10.8. The Labute approximate surface area is 131 Å². The topological polar surface area (TPSA) is 32.7 Å². The van der Waals surface area contributed by atoms with Crippen LogP contribution >= 0.6 is 11.6 Å². The molecule has 1 aromatic carbocycles. The molecule has 1 saturated carbocycles.